The Bertz CT molecular complexity index is 795. The van der Waals surface area contributed by atoms with Crippen LogP contribution in [0.3, 0.4) is 0 Å². The van der Waals surface area contributed by atoms with Crippen LogP contribution < -0.4 is 5.46 Å². The highest BCUT2D eigenvalue weighted by Crippen LogP contribution is 2.37. The zero-order valence-corrected chi connectivity index (χ0v) is 19.3. The number of aliphatic hydroxyl groups excluding tert-OH is 1. The Morgan fingerprint density at radius 2 is 1.83 bits per heavy atom. The molecule has 1 amide bonds. The molecule has 2 aliphatic rings. The monoisotopic (exact) mass is 419 g/mol. The van der Waals surface area contributed by atoms with Crippen molar-refractivity contribution in [3.05, 3.63) is 29.1 Å². The van der Waals surface area contributed by atoms with Gasteiger partial charge < -0.3 is 19.3 Å². The van der Waals surface area contributed by atoms with E-state index in [1.165, 1.54) is 12.1 Å². The first kappa shape index (κ1) is 23.2. The van der Waals surface area contributed by atoms with E-state index in [0.29, 0.717) is 30.0 Å². The van der Waals surface area contributed by atoms with Gasteiger partial charge in [-0.25, -0.2) is 4.39 Å². The molecule has 1 N–H and O–H groups in total. The van der Waals surface area contributed by atoms with Crippen molar-refractivity contribution in [1.82, 2.24) is 4.90 Å². The third kappa shape index (κ3) is 4.58. The van der Waals surface area contributed by atoms with E-state index >= 15 is 0 Å². The summed E-state index contributed by atoms with van der Waals surface area (Å²) in [4.78, 5) is 14.6. The number of β-amino-alcohol motifs (C(OH)–C–C–N with tert-alkyl or cyclic N) is 1. The Labute approximate surface area is 180 Å². The highest BCUT2D eigenvalue weighted by Gasteiger charge is 2.52. The number of carbonyl (C=O) groups is 1. The number of halogens is 1. The van der Waals surface area contributed by atoms with Gasteiger partial charge in [0.15, 0.2) is 0 Å². The minimum atomic E-state index is -0.677. The van der Waals surface area contributed by atoms with Crippen LogP contribution in [-0.4, -0.2) is 53.4 Å². The van der Waals surface area contributed by atoms with E-state index in [9.17, 15) is 14.3 Å². The predicted octanol–water partition coefficient (Wildman–Crippen LogP) is 2.84. The van der Waals surface area contributed by atoms with Crippen LogP contribution in [0.15, 0.2) is 12.1 Å². The maximum atomic E-state index is 14.5. The Kier molecular flexibility index (Phi) is 6.39. The third-order valence-electron chi connectivity index (χ3n) is 6.90. The first-order valence-electron chi connectivity index (χ1n) is 10.9. The minimum absolute atomic E-state index is 0.0890. The number of amides is 1. The highest BCUT2D eigenvalue weighted by molar-refractivity contribution is 6.62. The van der Waals surface area contributed by atoms with Gasteiger partial charge in [-0.15, -0.1) is 0 Å². The molecule has 0 saturated carbocycles. The number of hydrogen-bond acceptors (Lipinski definition) is 4. The topological polar surface area (TPSA) is 59.0 Å². The van der Waals surface area contributed by atoms with E-state index in [-0.39, 0.29) is 18.2 Å². The lowest BCUT2D eigenvalue weighted by atomic mass is 9.74. The standard InChI is InChI=1S/C23H35BFNO4/c1-14(2)8-17-12-26(13-20(17)27)21(28)10-16-9-18(25)11-19(15(16)3)24-29-22(4,5)23(6,7)30-24/h9,11,14,17,20,27H,8,10,12-13H2,1-7H3/t17-,20-/m1/s1. The van der Waals surface area contributed by atoms with Crippen molar-refractivity contribution in [1.29, 1.82) is 0 Å². The lowest BCUT2D eigenvalue weighted by Gasteiger charge is -2.32. The van der Waals surface area contributed by atoms with Crippen LogP contribution in [0.2, 0.25) is 0 Å². The fraction of sp³-hybridized carbons (Fsp3) is 0.696. The molecule has 2 aliphatic heterocycles. The Hall–Kier alpha value is -1.44. The van der Waals surface area contributed by atoms with Crippen molar-refractivity contribution >= 4 is 18.5 Å². The summed E-state index contributed by atoms with van der Waals surface area (Å²) < 4.78 is 26.7. The Morgan fingerprint density at radius 1 is 1.23 bits per heavy atom. The van der Waals surface area contributed by atoms with E-state index < -0.39 is 30.2 Å². The van der Waals surface area contributed by atoms with Crippen LogP contribution >= 0.6 is 0 Å². The maximum Gasteiger partial charge on any atom is 0.495 e. The molecule has 2 fully saturated rings. The van der Waals surface area contributed by atoms with Gasteiger partial charge >= 0.3 is 7.12 Å². The van der Waals surface area contributed by atoms with Gasteiger partial charge in [0, 0.05) is 19.0 Å². The van der Waals surface area contributed by atoms with Crippen LogP contribution in [0.1, 0.15) is 59.1 Å². The molecule has 166 valence electrons. The molecule has 2 saturated heterocycles. The molecule has 0 radical (unpaired) electrons. The van der Waals surface area contributed by atoms with Crippen molar-refractivity contribution in [3.8, 4) is 0 Å². The minimum Gasteiger partial charge on any atom is -0.399 e. The first-order valence-corrected chi connectivity index (χ1v) is 10.9. The second kappa shape index (κ2) is 8.25. The van der Waals surface area contributed by atoms with E-state index in [4.69, 9.17) is 9.31 Å². The van der Waals surface area contributed by atoms with Gasteiger partial charge in [-0.05, 0) is 75.7 Å². The number of likely N-dealkylation sites (tertiary alicyclic amines) is 1. The van der Waals surface area contributed by atoms with Crippen molar-refractivity contribution in [2.45, 2.75) is 78.6 Å². The van der Waals surface area contributed by atoms with Crippen LogP contribution in [0.5, 0.6) is 0 Å². The summed E-state index contributed by atoms with van der Waals surface area (Å²) in [5, 5.41) is 10.3. The molecule has 2 atom stereocenters. The summed E-state index contributed by atoms with van der Waals surface area (Å²) in [5.41, 5.74) is 1.01. The van der Waals surface area contributed by atoms with Crippen LogP contribution in [0.25, 0.3) is 0 Å². The molecule has 30 heavy (non-hydrogen) atoms. The van der Waals surface area contributed by atoms with Crippen LogP contribution in [0.4, 0.5) is 4.39 Å². The van der Waals surface area contributed by atoms with Crippen LogP contribution in [-0.2, 0) is 20.5 Å². The van der Waals surface area contributed by atoms with Gasteiger partial charge in [-0.3, -0.25) is 4.79 Å². The number of rotatable bonds is 5. The van der Waals surface area contributed by atoms with E-state index in [1.807, 2.05) is 34.6 Å². The largest absolute Gasteiger partial charge is 0.495 e. The second-order valence-corrected chi connectivity index (χ2v) is 10.3. The van der Waals surface area contributed by atoms with E-state index in [2.05, 4.69) is 13.8 Å². The fourth-order valence-corrected chi connectivity index (χ4v) is 4.33. The Morgan fingerprint density at radius 3 is 2.40 bits per heavy atom. The third-order valence-corrected chi connectivity index (χ3v) is 6.90. The van der Waals surface area contributed by atoms with Gasteiger partial charge in [0.25, 0.3) is 0 Å². The van der Waals surface area contributed by atoms with Crippen molar-refractivity contribution < 1.29 is 23.6 Å². The quantitative estimate of drug-likeness (QED) is 0.746. The summed E-state index contributed by atoms with van der Waals surface area (Å²) in [6.45, 7) is 14.8. The van der Waals surface area contributed by atoms with Crippen LogP contribution in [0, 0.1) is 24.6 Å². The molecule has 0 unspecified atom stereocenters. The maximum absolute atomic E-state index is 14.5. The lowest BCUT2D eigenvalue weighted by Crippen LogP contribution is -2.41. The second-order valence-electron chi connectivity index (χ2n) is 10.3. The summed E-state index contributed by atoms with van der Waals surface area (Å²) in [5.74, 6) is 0.0663. The van der Waals surface area contributed by atoms with Crippen molar-refractivity contribution in [3.63, 3.8) is 0 Å². The predicted molar refractivity (Wildman–Crippen MR) is 116 cm³/mol. The highest BCUT2D eigenvalue weighted by atomic mass is 19.1. The Balaban J connectivity index is 1.77. The molecule has 2 heterocycles. The molecule has 0 bridgehead atoms. The van der Waals surface area contributed by atoms with Gasteiger partial charge in [0.2, 0.25) is 5.91 Å². The van der Waals surface area contributed by atoms with Crippen molar-refractivity contribution in [2.24, 2.45) is 11.8 Å². The van der Waals surface area contributed by atoms with E-state index in [0.717, 1.165) is 12.0 Å². The van der Waals surface area contributed by atoms with Gasteiger partial charge in [-0.2, -0.15) is 0 Å². The summed E-state index contributed by atoms with van der Waals surface area (Å²) >= 11 is 0. The van der Waals surface area contributed by atoms with Crippen molar-refractivity contribution in [2.75, 3.05) is 13.1 Å². The molecule has 0 aliphatic carbocycles. The average molecular weight is 419 g/mol. The molecule has 7 heteroatoms. The summed E-state index contributed by atoms with van der Waals surface area (Å²) in [7, 11) is -0.677. The zero-order valence-electron chi connectivity index (χ0n) is 19.3. The fourth-order valence-electron chi connectivity index (χ4n) is 4.33. The first-order chi connectivity index (χ1) is 13.8. The molecule has 1 aromatic carbocycles. The summed E-state index contributed by atoms with van der Waals surface area (Å²) in [6.07, 6.45) is 0.484. The smallest absolute Gasteiger partial charge is 0.399 e. The number of aliphatic hydroxyl groups is 1. The molecule has 5 nitrogen and oxygen atoms in total. The average Bonchev–Trinajstić information content (AvgIpc) is 3.06. The molecule has 0 spiro atoms. The molecular formula is C23H35BFNO4. The molecule has 3 rings (SSSR count). The van der Waals surface area contributed by atoms with Gasteiger partial charge in [-0.1, -0.05) is 13.8 Å². The van der Waals surface area contributed by atoms with E-state index in [1.54, 1.807) is 4.90 Å². The molecule has 1 aromatic rings. The SMILES string of the molecule is Cc1c(CC(=O)N2C[C@@H](CC(C)C)[C@H](O)C2)cc(F)cc1B1OC(C)(C)C(C)(C)O1. The lowest BCUT2D eigenvalue weighted by molar-refractivity contribution is -0.129. The number of hydrogen-bond donors (Lipinski definition) is 1. The zero-order chi connectivity index (χ0) is 22.4. The van der Waals surface area contributed by atoms with Gasteiger partial charge in [0.05, 0.1) is 23.7 Å². The molecular weight excluding hydrogens is 384 g/mol. The summed E-state index contributed by atoms with van der Waals surface area (Å²) in [6, 6.07) is 2.85. The normalized spacial score (nSPS) is 25.4. The van der Waals surface area contributed by atoms with Gasteiger partial charge in [0.1, 0.15) is 5.82 Å². The molecule has 0 aromatic heterocycles. The number of benzene rings is 1. The number of carbonyl (C=O) groups excluding carboxylic acids is 1. The number of nitrogens with zero attached hydrogens (tertiary/aromatic N) is 1.